The summed E-state index contributed by atoms with van der Waals surface area (Å²) in [5.41, 5.74) is 0.590. The zero-order chi connectivity index (χ0) is 16.2. The molecule has 6 heteroatoms. The molecule has 1 aromatic heterocycles. The summed E-state index contributed by atoms with van der Waals surface area (Å²) in [4.78, 5) is 26.9. The zero-order valence-electron chi connectivity index (χ0n) is 12.4. The molecule has 0 saturated carbocycles. The first-order chi connectivity index (χ1) is 11.1. The Kier molecular flexibility index (Phi) is 4.71. The number of hydrogen-bond donors (Lipinski definition) is 0. The Morgan fingerprint density at radius 3 is 2.91 bits per heavy atom. The van der Waals surface area contributed by atoms with Crippen LogP contribution in [0, 0.1) is 5.82 Å². The maximum absolute atomic E-state index is 13.1. The highest BCUT2D eigenvalue weighted by molar-refractivity contribution is 7.12. The third-order valence-corrected chi connectivity index (χ3v) is 4.65. The van der Waals surface area contributed by atoms with Crippen LogP contribution in [-0.2, 0) is 16.1 Å². The van der Waals surface area contributed by atoms with Gasteiger partial charge in [-0.05, 0) is 42.0 Å². The number of ether oxygens (including phenoxy) is 1. The van der Waals surface area contributed by atoms with Gasteiger partial charge in [0.2, 0.25) is 0 Å². The molecule has 1 amide bonds. The predicted molar refractivity (Wildman–Crippen MR) is 84.6 cm³/mol. The molecule has 0 bridgehead atoms. The average Bonchev–Trinajstić information content (AvgIpc) is 3.23. The number of carbonyl (C=O) groups excluding carboxylic acids is 2. The van der Waals surface area contributed by atoms with Crippen molar-refractivity contribution < 1.29 is 18.7 Å². The fourth-order valence-corrected chi connectivity index (χ4v) is 3.35. The second kappa shape index (κ2) is 6.91. The summed E-state index contributed by atoms with van der Waals surface area (Å²) in [6.45, 7) is 0.560. The molecule has 23 heavy (non-hydrogen) atoms. The Labute approximate surface area is 137 Å². The Hall–Kier alpha value is -2.21. The minimum Gasteiger partial charge on any atom is -0.459 e. The number of carbonyl (C=O) groups is 2. The van der Waals surface area contributed by atoms with Gasteiger partial charge in [0.05, 0.1) is 4.88 Å². The van der Waals surface area contributed by atoms with E-state index in [1.54, 1.807) is 23.1 Å². The third kappa shape index (κ3) is 3.59. The van der Waals surface area contributed by atoms with E-state index in [1.165, 1.54) is 23.5 Å². The van der Waals surface area contributed by atoms with Gasteiger partial charge in [0.15, 0.2) is 0 Å². The Balaban J connectivity index is 1.63. The van der Waals surface area contributed by atoms with Crippen LogP contribution >= 0.6 is 11.3 Å². The predicted octanol–water partition coefficient (Wildman–Crippen LogP) is 3.24. The summed E-state index contributed by atoms with van der Waals surface area (Å²) in [6.07, 6.45) is 1.37. The molecular formula is C17H16FNO3S. The normalized spacial score (nSPS) is 17.3. The van der Waals surface area contributed by atoms with E-state index in [0.29, 0.717) is 23.4 Å². The zero-order valence-corrected chi connectivity index (χ0v) is 13.2. The van der Waals surface area contributed by atoms with E-state index in [2.05, 4.69) is 0 Å². The van der Waals surface area contributed by atoms with Crippen LogP contribution in [0.5, 0.6) is 0 Å². The highest BCUT2D eigenvalue weighted by Gasteiger charge is 2.35. The smallest absolute Gasteiger partial charge is 0.329 e. The Bertz CT molecular complexity index is 702. The Morgan fingerprint density at radius 2 is 2.17 bits per heavy atom. The van der Waals surface area contributed by atoms with Gasteiger partial charge in [-0.15, -0.1) is 11.3 Å². The summed E-state index contributed by atoms with van der Waals surface area (Å²) in [5, 5.41) is 1.83. The van der Waals surface area contributed by atoms with Gasteiger partial charge in [0.25, 0.3) is 5.91 Å². The fraction of sp³-hybridized carbons (Fsp3) is 0.294. The van der Waals surface area contributed by atoms with E-state index in [4.69, 9.17) is 4.74 Å². The first kappa shape index (κ1) is 15.7. The van der Waals surface area contributed by atoms with Gasteiger partial charge in [-0.1, -0.05) is 18.2 Å². The van der Waals surface area contributed by atoms with Gasteiger partial charge in [-0.2, -0.15) is 0 Å². The number of halogens is 1. The molecule has 3 rings (SSSR count). The number of thiophene rings is 1. The van der Waals surface area contributed by atoms with Crippen LogP contribution in [0.25, 0.3) is 0 Å². The van der Waals surface area contributed by atoms with E-state index >= 15 is 0 Å². The lowest BCUT2D eigenvalue weighted by Crippen LogP contribution is -2.41. The van der Waals surface area contributed by atoms with Crippen LogP contribution in [0.2, 0.25) is 0 Å². The lowest BCUT2D eigenvalue weighted by molar-refractivity contribution is -0.149. The molecule has 0 aliphatic carbocycles. The van der Waals surface area contributed by atoms with Crippen LogP contribution in [-0.4, -0.2) is 29.4 Å². The van der Waals surface area contributed by atoms with Crippen molar-refractivity contribution in [2.45, 2.75) is 25.5 Å². The molecule has 0 spiro atoms. The van der Waals surface area contributed by atoms with Gasteiger partial charge in [-0.3, -0.25) is 4.79 Å². The number of esters is 1. The molecule has 120 valence electrons. The summed E-state index contributed by atoms with van der Waals surface area (Å²) in [6, 6.07) is 8.93. The van der Waals surface area contributed by atoms with Crippen LogP contribution < -0.4 is 0 Å². The molecule has 1 aliphatic heterocycles. The maximum Gasteiger partial charge on any atom is 0.329 e. The van der Waals surface area contributed by atoms with Crippen LogP contribution in [0.3, 0.4) is 0 Å². The molecule has 1 atom stereocenters. The summed E-state index contributed by atoms with van der Waals surface area (Å²) in [7, 11) is 0. The molecule has 2 heterocycles. The molecular weight excluding hydrogens is 317 g/mol. The molecule has 1 fully saturated rings. The number of rotatable bonds is 4. The van der Waals surface area contributed by atoms with Crippen molar-refractivity contribution in [2.75, 3.05) is 6.54 Å². The Morgan fingerprint density at radius 1 is 1.30 bits per heavy atom. The van der Waals surface area contributed by atoms with Gasteiger partial charge in [0, 0.05) is 6.54 Å². The van der Waals surface area contributed by atoms with Crippen molar-refractivity contribution in [3.8, 4) is 0 Å². The van der Waals surface area contributed by atoms with Crippen molar-refractivity contribution in [3.63, 3.8) is 0 Å². The highest BCUT2D eigenvalue weighted by Crippen LogP contribution is 2.23. The van der Waals surface area contributed by atoms with Gasteiger partial charge in [-0.25, -0.2) is 9.18 Å². The van der Waals surface area contributed by atoms with Gasteiger partial charge >= 0.3 is 5.97 Å². The van der Waals surface area contributed by atoms with Crippen molar-refractivity contribution in [1.82, 2.24) is 4.90 Å². The number of hydrogen-bond acceptors (Lipinski definition) is 4. The summed E-state index contributed by atoms with van der Waals surface area (Å²) < 4.78 is 18.4. The van der Waals surface area contributed by atoms with E-state index in [0.717, 1.165) is 6.42 Å². The largest absolute Gasteiger partial charge is 0.459 e. The molecule has 0 radical (unpaired) electrons. The van der Waals surface area contributed by atoms with E-state index < -0.39 is 12.0 Å². The average molecular weight is 333 g/mol. The second-order valence-corrected chi connectivity index (χ2v) is 6.32. The molecule has 1 aliphatic rings. The summed E-state index contributed by atoms with van der Waals surface area (Å²) in [5.74, 6) is -0.934. The van der Waals surface area contributed by atoms with E-state index in [-0.39, 0.29) is 18.3 Å². The monoisotopic (exact) mass is 333 g/mol. The van der Waals surface area contributed by atoms with Crippen LogP contribution in [0.1, 0.15) is 28.1 Å². The van der Waals surface area contributed by atoms with Crippen molar-refractivity contribution in [2.24, 2.45) is 0 Å². The second-order valence-electron chi connectivity index (χ2n) is 5.37. The minimum atomic E-state index is -0.557. The number of amides is 1. The fourth-order valence-electron chi connectivity index (χ4n) is 2.67. The van der Waals surface area contributed by atoms with Crippen molar-refractivity contribution >= 4 is 23.2 Å². The molecule has 1 aromatic carbocycles. The minimum absolute atomic E-state index is 0.00806. The lowest BCUT2D eigenvalue weighted by Gasteiger charge is -2.22. The van der Waals surface area contributed by atoms with Crippen molar-refractivity contribution in [1.29, 1.82) is 0 Å². The molecule has 4 nitrogen and oxygen atoms in total. The molecule has 0 N–H and O–H groups in total. The number of nitrogens with zero attached hydrogens (tertiary/aromatic N) is 1. The summed E-state index contributed by atoms with van der Waals surface area (Å²) >= 11 is 1.36. The van der Waals surface area contributed by atoms with Crippen molar-refractivity contribution in [3.05, 3.63) is 58.0 Å². The quantitative estimate of drug-likeness (QED) is 0.807. The molecule has 1 saturated heterocycles. The maximum atomic E-state index is 13.1. The van der Waals surface area contributed by atoms with E-state index in [9.17, 15) is 14.0 Å². The third-order valence-electron chi connectivity index (χ3n) is 3.79. The first-order valence-corrected chi connectivity index (χ1v) is 8.28. The molecule has 1 unspecified atom stereocenters. The SMILES string of the molecule is O=C(OCc1cccc(F)c1)C1CCCN1C(=O)c1cccs1. The lowest BCUT2D eigenvalue weighted by atomic mass is 10.2. The van der Waals surface area contributed by atoms with Crippen LogP contribution in [0.15, 0.2) is 41.8 Å². The first-order valence-electron chi connectivity index (χ1n) is 7.41. The number of benzene rings is 1. The van der Waals surface area contributed by atoms with Crippen LogP contribution in [0.4, 0.5) is 4.39 Å². The van der Waals surface area contributed by atoms with E-state index in [1.807, 2.05) is 11.4 Å². The van der Waals surface area contributed by atoms with Gasteiger partial charge in [0.1, 0.15) is 18.5 Å². The number of likely N-dealkylation sites (tertiary alicyclic amines) is 1. The van der Waals surface area contributed by atoms with Gasteiger partial charge < -0.3 is 9.64 Å². The topological polar surface area (TPSA) is 46.6 Å². The highest BCUT2D eigenvalue weighted by atomic mass is 32.1. The standard InChI is InChI=1S/C17H16FNO3S/c18-13-5-1-4-12(10-13)11-22-17(21)14-6-2-8-19(14)16(20)15-7-3-9-23-15/h1,3-5,7,9-10,14H,2,6,8,11H2. The molecule has 2 aromatic rings.